The quantitative estimate of drug-likeness (QED) is 0.844. The minimum atomic E-state index is -0.0880. The van der Waals surface area contributed by atoms with Crippen LogP contribution in [0.5, 0.6) is 0 Å². The molecule has 2 rings (SSSR count). The average molecular weight is 291 g/mol. The molecule has 1 aromatic heterocycles. The molecular formula is C15H21N3O3. The number of hydrogen-bond donors (Lipinski definition) is 2. The van der Waals surface area contributed by atoms with Crippen molar-refractivity contribution < 1.29 is 14.3 Å². The molecule has 1 saturated carbocycles. The van der Waals surface area contributed by atoms with Crippen molar-refractivity contribution in [2.45, 2.75) is 37.8 Å². The van der Waals surface area contributed by atoms with Crippen LogP contribution in [0.25, 0.3) is 0 Å². The number of carbonyl (C=O) groups excluding carboxylic acids is 2. The molecule has 1 aromatic rings. The maximum Gasteiger partial charge on any atom is 0.253 e. The normalized spacial score (nSPS) is 21.6. The second kappa shape index (κ2) is 7.73. The van der Waals surface area contributed by atoms with Gasteiger partial charge >= 0.3 is 0 Å². The average Bonchev–Trinajstić information content (AvgIpc) is 2.50. The number of hydrogen-bond acceptors (Lipinski definition) is 4. The maximum absolute atomic E-state index is 12.0. The summed E-state index contributed by atoms with van der Waals surface area (Å²) >= 11 is 0. The van der Waals surface area contributed by atoms with Gasteiger partial charge in [-0.3, -0.25) is 14.6 Å². The lowest BCUT2D eigenvalue weighted by Gasteiger charge is -2.29. The van der Waals surface area contributed by atoms with Crippen LogP contribution in [0, 0.1) is 0 Å². The summed E-state index contributed by atoms with van der Waals surface area (Å²) in [6.45, 7) is 0.0949. The van der Waals surface area contributed by atoms with Crippen LogP contribution in [-0.2, 0) is 9.53 Å². The summed E-state index contributed by atoms with van der Waals surface area (Å²) < 4.78 is 4.79. The third kappa shape index (κ3) is 4.82. The Hall–Kier alpha value is -1.95. The summed E-state index contributed by atoms with van der Waals surface area (Å²) in [5, 5.41) is 5.96. The first-order chi connectivity index (χ1) is 10.2. The molecule has 114 valence electrons. The molecule has 1 aliphatic rings. The van der Waals surface area contributed by atoms with Crippen molar-refractivity contribution in [1.82, 2.24) is 15.6 Å². The predicted octanol–water partition coefficient (Wildman–Crippen LogP) is 0.885. The van der Waals surface area contributed by atoms with Crippen LogP contribution < -0.4 is 10.6 Å². The molecule has 2 amide bonds. The lowest BCUT2D eigenvalue weighted by molar-refractivity contribution is -0.125. The van der Waals surface area contributed by atoms with Crippen molar-refractivity contribution in [3.05, 3.63) is 30.1 Å². The van der Waals surface area contributed by atoms with E-state index in [2.05, 4.69) is 15.6 Å². The minimum absolute atomic E-state index is 0.0830. The van der Waals surface area contributed by atoms with Crippen LogP contribution in [-0.4, -0.2) is 42.6 Å². The van der Waals surface area contributed by atoms with E-state index in [-0.39, 0.29) is 30.5 Å². The van der Waals surface area contributed by atoms with Gasteiger partial charge in [0.2, 0.25) is 5.91 Å². The van der Waals surface area contributed by atoms with Gasteiger partial charge in [0.1, 0.15) is 6.61 Å². The van der Waals surface area contributed by atoms with Gasteiger partial charge in [-0.25, -0.2) is 0 Å². The van der Waals surface area contributed by atoms with Crippen LogP contribution in [0.15, 0.2) is 24.5 Å². The first-order valence-corrected chi connectivity index (χ1v) is 7.18. The molecule has 0 atom stereocenters. The number of amides is 2. The molecule has 0 unspecified atom stereocenters. The molecule has 21 heavy (non-hydrogen) atoms. The number of nitrogens with one attached hydrogen (secondary N) is 2. The Kier molecular flexibility index (Phi) is 5.68. The predicted molar refractivity (Wildman–Crippen MR) is 77.8 cm³/mol. The monoisotopic (exact) mass is 291 g/mol. The van der Waals surface area contributed by atoms with Crippen LogP contribution in [0.2, 0.25) is 0 Å². The van der Waals surface area contributed by atoms with E-state index in [1.54, 1.807) is 24.5 Å². The zero-order valence-electron chi connectivity index (χ0n) is 12.2. The number of carbonyl (C=O) groups is 2. The van der Waals surface area contributed by atoms with Gasteiger partial charge in [-0.1, -0.05) is 0 Å². The Morgan fingerprint density at radius 3 is 2.48 bits per heavy atom. The standard InChI is InChI=1S/C15H21N3O3/c1-21-10-14(19)17-12-4-6-13(7-5-12)18-15(20)11-3-2-8-16-9-11/h2-3,8-9,12-13H,4-7,10H2,1H3,(H,17,19)(H,18,20). The lowest BCUT2D eigenvalue weighted by atomic mass is 9.91. The Bertz CT molecular complexity index is 470. The molecule has 1 aliphatic carbocycles. The highest BCUT2D eigenvalue weighted by atomic mass is 16.5. The smallest absolute Gasteiger partial charge is 0.253 e. The summed E-state index contributed by atoms with van der Waals surface area (Å²) in [7, 11) is 1.50. The van der Waals surface area contributed by atoms with Crippen molar-refractivity contribution in [3.8, 4) is 0 Å². The molecule has 0 saturated heterocycles. The number of aromatic nitrogens is 1. The van der Waals surface area contributed by atoms with Crippen molar-refractivity contribution in [1.29, 1.82) is 0 Å². The summed E-state index contributed by atoms with van der Waals surface area (Å²) in [4.78, 5) is 27.4. The van der Waals surface area contributed by atoms with Gasteiger partial charge in [0, 0.05) is 31.6 Å². The van der Waals surface area contributed by atoms with Gasteiger partial charge in [0.05, 0.1) is 5.56 Å². The highest BCUT2D eigenvalue weighted by Crippen LogP contribution is 2.19. The van der Waals surface area contributed by atoms with Crippen LogP contribution in [0.4, 0.5) is 0 Å². The first kappa shape index (κ1) is 15.4. The maximum atomic E-state index is 12.0. The number of pyridine rings is 1. The summed E-state index contributed by atoms with van der Waals surface area (Å²) in [6, 6.07) is 3.84. The molecular weight excluding hydrogens is 270 g/mol. The van der Waals surface area contributed by atoms with E-state index in [4.69, 9.17) is 4.74 Å². The Morgan fingerprint density at radius 2 is 1.90 bits per heavy atom. The number of methoxy groups -OCH3 is 1. The fraction of sp³-hybridized carbons (Fsp3) is 0.533. The minimum Gasteiger partial charge on any atom is -0.375 e. The van der Waals surface area contributed by atoms with E-state index >= 15 is 0 Å². The SMILES string of the molecule is COCC(=O)NC1CCC(NC(=O)c2cccnc2)CC1. The van der Waals surface area contributed by atoms with Gasteiger partial charge in [-0.15, -0.1) is 0 Å². The third-order valence-electron chi connectivity index (χ3n) is 3.63. The van der Waals surface area contributed by atoms with Gasteiger partial charge < -0.3 is 15.4 Å². The fourth-order valence-electron chi connectivity index (χ4n) is 2.55. The Labute approximate surface area is 124 Å². The molecule has 6 heteroatoms. The van der Waals surface area contributed by atoms with Gasteiger partial charge in [0.15, 0.2) is 0 Å². The van der Waals surface area contributed by atoms with Crippen molar-refractivity contribution >= 4 is 11.8 Å². The highest BCUT2D eigenvalue weighted by Gasteiger charge is 2.23. The zero-order chi connectivity index (χ0) is 15.1. The van der Waals surface area contributed by atoms with Crippen molar-refractivity contribution in [2.24, 2.45) is 0 Å². The topological polar surface area (TPSA) is 80.3 Å². The van der Waals surface area contributed by atoms with E-state index in [0.717, 1.165) is 25.7 Å². The zero-order valence-corrected chi connectivity index (χ0v) is 12.2. The van der Waals surface area contributed by atoms with Crippen LogP contribution >= 0.6 is 0 Å². The Morgan fingerprint density at radius 1 is 1.24 bits per heavy atom. The van der Waals surface area contributed by atoms with Gasteiger partial charge in [0.25, 0.3) is 5.91 Å². The first-order valence-electron chi connectivity index (χ1n) is 7.18. The van der Waals surface area contributed by atoms with Crippen LogP contribution in [0.3, 0.4) is 0 Å². The summed E-state index contributed by atoms with van der Waals surface area (Å²) in [6.07, 6.45) is 6.67. The van der Waals surface area contributed by atoms with Gasteiger partial charge in [-0.2, -0.15) is 0 Å². The molecule has 0 aromatic carbocycles. The van der Waals surface area contributed by atoms with Crippen molar-refractivity contribution in [2.75, 3.05) is 13.7 Å². The molecule has 2 N–H and O–H groups in total. The molecule has 1 fully saturated rings. The second-order valence-corrected chi connectivity index (χ2v) is 5.26. The van der Waals surface area contributed by atoms with E-state index < -0.39 is 0 Å². The van der Waals surface area contributed by atoms with Crippen LogP contribution in [0.1, 0.15) is 36.0 Å². The third-order valence-corrected chi connectivity index (χ3v) is 3.63. The van der Waals surface area contributed by atoms with E-state index in [9.17, 15) is 9.59 Å². The Balaban J connectivity index is 1.74. The molecule has 0 bridgehead atoms. The summed E-state index contributed by atoms with van der Waals surface area (Å²) in [5.41, 5.74) is 0.577. The molecule has 1 heterocycles. The van der Waals surface area contributed by atoms with Crippen molar-refractivity contribution in [3.63, 3.8) is 0 Å². The number of ether oxygens (including phenoxy) is 1. The largest absolute Gasteiger partial charge is 0.375 e. The van der Waals surface area contributed by atoms with E-state index in [1.807, 2.05) is 0 Å². The molecule has 0 spiro atoms. The highest BCUT2D eigenvalue weighted by molar-refractivity contribution is 5.94. The molecule has 0 radical (unpaired) electrons. The lowest BCUT2D eigenvalue weighted by Crippen LogP contribution is -2.44. The molecule has 0 aliphatic heterocycles. The fourth-order valence-corrected chi connectivity index (χ4v) is 2.55. The number of rotatable bonds is 5. The summed E-state index contributed by atoms with van der Waals surface area (Å²) in [5.74, 6) is -0.171. The van der Waals surface area contributed by atoms with E-state index in [0.29, 0.717) is 5.56 Å². The number of nitrogens with zero attached hydrogens (tertiary/aromatic N) is 1. The van der Waals surface area contributed by atoms with E-state index in [1.165, 1.54) is 7.11 Å². The molecule has 6 nitrogen and oxygen atoms in total. The van der Waals surface area contributed by atoms with Gasteiger partial charge in [-0.05, 0) is 37.8 Å². The second-order valence-electron chi connectivity index (χ2n) is 5.26.